The van der Waals surface area contributed by atoms with E-state index in [1.165, 1.54) is 12.1 Å². The molecule has 3 aromatic rings. The molecule has 2 aromatic carbocycles. The summed E-state index contributed by atoms with van der Waals surface area (Å²) in [5, 5.41) is 0. The summed E-state index contributed by atoms with van der Waals surface area (Å²) in [5.41, 5.74) is 3.14. The number of carbonyl (C=O) groups excluding carboxylic acids is 1. The standard InChI is InChI=1S/C25H23FN4O2/c1-17-14-29(16-28-17)21-9-3-18(13-22(21)32-2)4-10-23-27-15-25(12-11-24(31)30(23)25)19-5-7-20(26)8-6-19/h3-10,13-14,16H,11-12,15H2,1-2H3/b10-4-. The Morgan fingerprint density at radius 2 is 1.97 bits per heavy atom. The molecule has 1 saturated heterocycles. The summed E-state index contributed by atoms with van der Waals surface area (Å²) in [6.07, 6.45) is 8.61. The fourth-order valence-electron chi connectivity index (χ4n) is 4.54. The van der Waals surface area contributed by atoms with Crippen molar-refractivity contribution >= 4 is 17.8 Å². The number of halogens is 1. The molecule has 0 N–H and O–H groups in total. The van der Waals surface area contributed by atoms with E-state index in [9.17, 15) is 9.18 Å². The van der Waals surface area contributed by atoms with Crippen LogP contribution in [0.1, 0.15) is 29.7 Å². The van der Waals surface area contributed by atoms with E-state index in [-0.39, 0.29) is 11.7 Å². The molecule has 7 heteroatoms. The molecule has 1 atom stereocenters. The van der Waals surface area contributed by atoms with Crippen LogP contribution >= 0.6 is 0 Å². The number of aryl methyl sites for hydroxylation is 1. The number of hydrogen-bond acceptors (Lipinski definition) is 4. The number of methoxy groups -OCH3 is 1. The lowest BCUT2D eigenvalue weighted by atomic mass is 9.88. The molecule has 32 heavy (non-hydrogen) atoms. The van der Waals surface area contributed by atoms with Gasteiger partial charge in [0.25, 0.3) is 0 Å². The lowest BCUT2D eigenvalue weighted by Crippen LogP contribution is -2.43. The first-order valence-electron chi connectivity index (χ1n) is 10.5. The average molecular weight is 430 g/mol. The normalized spacial score (nSPS) is 20.2. The zero-order chi connectivity index (χ0) is 22.3. The molecule has 2 aliphatic heterocycles. The number of aliphatic imine (C=N–C) groups is 1. The third-order valence-electron chi connectivity index (χ3n) is 6.16. The zero-order valence-electron chi connectivity index (χ0n) is 18.0. The van der Waals surface area contributed by atoms with Gasteiger partial charge in [0, 0.05) is 12.6 Å². The third kappa shape index (κ3) is 3.30. The molecule has 1 amide bonds. The number of amidine groups is 1. The van der Waals surface area contributed by atoms with Gasteiger partial charge in [-0.05, 0) is 54.8 Å². The van der Waals surface area contributed by atoms with Gasteiger partial charge in [-0.2, -0.15) is 0 Å². The topological polar surface area (TPSA) is 59.7 Å². The minimum Gasteiger partial charge on any atom is -0.495 e. The Labute approximate surface area is 185 Å². The molecule has 5 rings (SSSR count). The number of fused-ring (bicyclic) bond motifs is 1. The van der Waals surface area contributed by atoms with Crippen molar-refractivity contribution in [2.45, 2.75) is 25.3 Å². The molecule has 1 aromatic heterocycles. The first kappa shape index (κ1) is 20.2. The van der Waals surface area contributed by atoms with Gasteiger partial charge >= 0.3 is 0 Å². The maximum absolute atomic E-state index is 13.4. The molecule has 0 aliphatic carbocycles. The fourth-order valence-corrected chi connectivity index (χ4v) is 4.54. The molecular weight excluding hydrogens is 407 g/mol. The molecule has 6 nitrogen and oxygen atoms in total. The van der Waals surface area contributed by atoms with Gasteiger partial charge in [-0.3, -0.25) is 14.7 Å². The van der Waals surface area contributed by atoms with Crippen LogP contribution in [-0.4, -0.2) is 39.8 Å². The van der Waals surface area contributed by atoms with Gasteiger partial charge in [0.15, 0.2) is 0 Å². The molecule has 2 aliphatic rings. The molecule has 162 valence electrons. The van der Waals surface area contributed by atoms with Crippen LogP contribution < -0.4 is 4.74 Å². The number of benzene rings is 2. The van der Waals surface area contributed by atoms with Gasteiger partial charge in [0.1, 0.15) is 17.4 Å². The molecule has 1 fully saturated rings. The first-order chi connectivity index (χ1) is 15.5. The lowest BCUT2D eigenvalue weighted by molar-refractivity contribution is -0.126. The minimum absolute atomic E-state index is 0.0404. The van der Waals surface area contributed by atoms with E-state index >= 15 is 0 Å². The van der Waals surface area contributed by atoms with Crippen LogP contribution in [0.2, 0.25) is 0 Å². The average Bonchev–Trinajstić information content (AvgIpc) is 3.49. The Morgan fingerprint density at radius 1 is 1.16 bits per heavy atom. The molecule has 1 unspecified atom stereocenters. The Kier molecular flexibility index (Phi) is 4.89. The third-order valence-corrected chi connectivity index (χ3v) is 6.16. The van der Waals surface area contributed by atoms with Crippen molar-refractivity contribution in [2.24, 2.45) is 4.99 Å². The van der Waals surface area contributed by atoms with Crippen molar-refractivity contribution in [1.29, 1.82) is 0 Å². The molecule has 3 heterocycles. The number of nitrogens with zero attached hydrogens (tertiary/aromatic N) is 4. The highest BCUT2D eigenvalue weighted by atomic mass is 19.1. The number of hydrogen-bond donors (Lipinski definition) is 0. The number of carbonyl (C=O) groups is 1. The lowest BCUT2D eigenvalue weighted by Gasteiger charge is -2.32. The van der Waals surface area contributed by atoms with Crippen LogP contribution in [0.4, 0.5) is 4.39 Å². The second-order valence-corrected chi connectivity index (χ2v) is 8.13. The Hall–Kier alpha value is -3.74. The van der Waals surface area contributed by atoms with Gasteiger partial charge in [-0.25, -0.2) is 9.37 Å². The Balaban J connectivity index is 1.42. The zero-order valence-corrected chi connectivity index (χ0v) is 18.0. The number of rotatable bonds is 5. The van der Waals surface area contributed by atoms with E-state index in [4.69, 9.17) is 4.74 Å². The van der Waals surface area contributed by atoms with Gasteiger partial charge in [-0.1, -0.05) is 24.3 Å². The molecular formula is C25H23FN4O2. The molecule has 0 spiro atoms. The fraction of sp³-hybridized carbons (Fsp3) is 0.240. The van der Waals surface area contributed by atoms with E-state index in [1.54, 1.807) is 30.5 Å². The molecule has 0 saturated carbocycles. The van der Waals surface area contributed by atoms with E-state index in [1.807, 2.05) is 48.0 Å². The van der Waals surface area contributed by atoms with Crippen LogP contribution in [0.25, 0.3) is 11.8 Å². The van der Waals surface area contributed by atoms with Crippen molar-refractivity contribution in [3.8, 4) is 11.4 Å². The van der Waals surface area contributed by atoms with Gasteiger partial charge in [-0.15, -0.1) is 0 Å². The number of imidazole rings is 1. The van der Waals surface area contributed by atoms with Crippen molar-refractivity contribution in [2.75, 3.05) is 13.7 Å². The molecule has 0 radical (unpaired) electrons. The predicted octanol–water partition coefficient (Wildman–Crippen LogP) is 4.27. The molecule has 0 bridgehead atoms. The summed E-state index contributed by atoms with van der Waals surface area (Å²) in [5.74, 6) is 1.10. The van der Waals surface area contributed by atoms with E-state index < -0.39 is 5.54 Å². The summed E-state index contributed by atoms with van der Waals surface area (Å²) >= 11 is 0. The number of ether oxygens (including phenoxy) is 1. The summed E-state index contributed by atoms with van der Waals surface area (Å²) < 4.78 is 20.9. The maximum Gasteiger partial charge on any atom is 0.229 e. The highest BCUT2D eigenvalue weighted by molar-refractivity contribution is 6.09. The van der Waals surface area contributed by atoms with E-state index in [2.05, 4.69) is 9.98 Å². The summed E-state index contributed by atoms with van der Waals surface area (Å²) in [7, 11) is 1.64. The van der Waals surface area contributed by atoms with Crippen LogP contribution in [-0.2, 0) is 10.3 Å². The maximum atomic E-state index is 13.4. The summed E-state index contributed by atoms with van der Waals surface area (Å²) in [6, 6.07) is 12.3. The second-order valence-electron chi connectivity index (χ2n) is 8.13. The quantitative estimate of drug-likeness (QED) is 0.607. The Morgan fingerprint density at radius 3 is 2.69 bits per heavy atom. The SMILES string of the molecule is COc1cc(/C=C\C2=NCC3(c4ccc(F)cc4)CCC(=O)N23)ccc1-n1cnc(C)c1. The smallest absolute Gasteiger partial charge is 0.229 e. The van der Waals surface area contributed by atoms with Crippen molar-refractivity contribution in [1.82, 2.24) is 14.5 Å². The second kappa shape index (κ2) is 7.75. The number of amides is 1. The van der Waals surface area contributed by atoms with E-state index in [0.717, 1.165) is 28.3 Å². The van der Waals surface area contributed by atoms with Gasteiger partial charge in [0.2, 0.25) is 5.91 Å². The minimum atomic E-state index is -0.523. The van der Waals surface area contributed by atoms with Crippen LogP contribution in [0.15, 0.2) is 66.1 Å². The van der Waals surface area contributed by atoms with Crippen molar-refractivity contribution in [3.05, 3.63) is 83.7 Å². The van der Waals surface area contributed by atoms with Crippen molar-refractivity contribution in [3.63, 3.8) is 0 Å². The van der Waals surface area contributed by atoms with Crippen LogP contribution in [0, 0.1) is 12.7 Å². The van der Waals surface area contributed by atoms with E-state index in [0.29, 0.717) is 25.2 Å². The van der Waals surface area contributed by atoms with Crippen LogP contribution in [0.5, 0.6) is 5.75 Å². The predicted molar refractivity (Wildman–Crippen MR) is 120 cm³/mol. The summed E-state index contributed by atoms with van der Waals surface area (Å²) in [6.45, 7) is 2.42. The van der Waals surface area contributed by atoms with Gasteiger partial charge in [0.05, 0.1) is 36.9 Å². The summed E-state index contributed by atoms with van der Waals surface area (Å²) in [4.78, 5) is 23.4. The van der Waals surface area contributed by atoms with Gasteiger partial charge < -0.3 is 9.30 Å². The van der Waals surface area contributed by atoms with Crippen LogP contribution in [0.3, 0.4) is 0 Å². The monoisotopic (exact) mass is 430 g/mol. The largest absolute Gasteiger partial charge is 0.495 e. The highest BCUT2D eigenvalue weighted by Gasteiger charge is 2.51. The highest BCUT2D eigenvalue weighted by Crippen LogP contribution is 2.43. The Bertz CT molecular complexity index is 1250. The first-order valence-corrected chi connectivity index (χ1v) is 10.5. The number of aromatic nitrogens is 2. The van der Waals surface area contributed by atoms with Crippen molar-refractivity contribution < 1.29 is 13.9 Å².